The number of amides is 2. The summed E-state index contributed by atoms with van der Waals surface area (Å²) in [6.45, 7) is -0.850. The molecule has 9 heteroatoms. The van der Waals surface area contributed by atoms with Gasteiger partial charge in [-0.05, 0) is 59.7 Å². The van der Waals surface area contributed by atoms with Crippen molar-refractivity contribution in [2.75, 3.05) is 13.1 Å². The molecule has 2 aliphatic rings. The summed E-state index contributed by atoms with van der Waals surface area (Å²) in [7, 11) is 0. The minimum atomic E-state index is -4.82. The maximum Gasteiger partial charge on any atom is 0.416 e. The molecule has 4 unspecified atom stereocenters. The van der Waals surface area contributed by atoms with E-state index in [1.807, 2.05) is 0 Å². The van der Waals surface area contributed by atoms with Crippen LogP contribution in [0.4, 0.5) is 22.4 Å². The maximum absolute atomic E-state index is 13.4. The van der Waals surface area contributed by atoms with Crippen LogP contribution in [0.25, 0.3) is 0 Å². The number of urea groups is 1. The minimum Gasteiger partial charge on any atom is -0.382 e. The number of nitrogens with one attached hydrogen (secondary N) is 1. The zero-order chi connectivity index (χ0) is 22.3. The molecule has 0 spiro atoms. The number of benzene rings is 2. The summed E-state index contributed by atoms with van der Waals surface area (Å²) < 4.78 is 52.0. The van der Waals surface area contributed by atoms with Crippen LogP contribution in [0.1, 0.15) is 22.6 Å². The Kier molecular flexibility index (Phi) is 5.87. The van der Waals surface area contributed by atoms with Crippen LogP contribution < -0.4 is 5.32 Å². The maximum atomic E-state index is 13.4. The van der Waals surface area contributed by atoms with Gasteiger partial charge in [0, 0.05) is 23.5 Å². The fraction of sp³-hybridized carbons (Fsp3) is 0.409. The molecule has 4 nitrogen and oxygen atoms in total. The van der Waals surface area contributed by atoms with Crippen LogP contribution >= 0.6 is 11.6 Å². The van der Waals surface area contributed by atoms with Crippen LogP contribution in [0.3, 0.4) is 0 Å². The first-order valence-corrected chi connectivity index (χ1v) is 10.3. The Morgan fingerprint density at radius 1 is 1.23 bits per heavy atom. The molecule has 2 N–H and O–H groups in total. The Morgan fingerprint density at radius 2 is 1.94 bits per heavy atom. The SMILES string of the molecule is O=C(NC1C2Cc3cc(F)ccc3C21)N(CCc1ccc(Cl)cc1)CC(O)C(F)(F)F. The zero-order valence-corrected chi connectivity index (χ0v) is 17.1. The molecule has 0 heterocycles. The lowest BCUT2D eigenvalue weighted by Gasteiger charge is -2.27. The lowest BCUT2D eigenvalue weighted by Crippen LogP contribution is -2.49. The molecule has 0 saturated heterocycles. The average molecular weight is 457 g/mol. The number of fused-ring (bicyclic) bond motifs is 3. The van der Waals surface area contributed by atoms with E-state index < -0.39 is 24.9 Å². The first-order valence-electron chi connectivity index (χ1n) is 9.96. The third-order valence-corrected chi connectivity index (χ3v) is 6.27. The molecule has 4 atom stereocenters. The minimum absolute atomic E-state index is 0.00442. The number of rotatable bonds is 6. The normalized spacial score (nSPS) is 22.5. The van der Waals surface area contributed by atoms with Gasteiger partial charge in [0.05, 0.1) is 6.54 Å². The van der Waals surface area contributed by atoms with Gasteiger partial charge in [-0.3, -0.25) is 0 Å². The summed E-state index contributed by atoms with van der Waals surface area (Å²) in [5, 5.41) is 12.8. The topological polar surface area (TPSA) is 52.6 Å². The van der Waals surface area contributed by atoms with Crippen molar-refractivity contribution in [2.45, 2.75) is 37.1 Å². The Bertz CT molecular complexity index is 967. The fourth-order valence-electron chi connectivity index (χ4n) is 4.32. The van der Waals surface area contributed by atoms with E-state index in [0.717, 1.165) is 21.6 Å². The highest BCUT2D eigenvalue weighted by atomic mass is 35.5. The van der Waals surface area contributed by atoms with Crippen molar-refractivity contribution in [1.29, 1.82) is 0 Å². The van der Waals surface area contributed by atoms with E-state index in [4.69, 9.17) is 11.6 Å². The van der Waals surface area contributed by atoms with Crippen LogP contribution in [0.15, 0.2) is 42.5 Å². The molecular weight excluding hydrogens is 436 g/mol. The predicted octanol–water partition coefficient (Wildman–Crippen LogP) is 4.29. The molecule has 0 aromatic heterocycles. The van der Waals surface area contributed by atoms with Crippen LogP contribution in [0.2, 0.25) is 5.02 Å². The van der Waals surface area contributed by atoms with Crippen molar-refractivity contribution in [1.82, 2.24) is 10.2 Å². The Morgan fingerprint density at radius 3 is 2.61 bits per heavy atom. The average Bonchev–Trinajstić information content (AvgIpc) is 3.21. The van der Waals surface area contributed by atoms with E-state index in [0.29, 0.717) is 17.9 Å². The first kappa shape index (κ1) is 21.9. The highest BCUT2D eigenvalue weighted by Crippen LogP contribution is 2.56. The first-order chi connectivity index (χ1) is 14.6. The summed E-state index contributed by atoms with van der Waals surface area (Å²) in [5.41, 5.74) is 2.69. The second kappa shape index (κ2) is 8.31. The van der Waals surface area contributed by atoms with Gasteiger partial charge in [0.15, 0.2) is 6.10 Å². The number of aliphatic hydroxyl groups excluding tert-OH is 1. The zero-order valence-electron chi connectivity index (χ0n) is 16.4. The van der Waals surface area contributed by atoms with Gasteiger partial charge in [-0.15, -0.1) is 0 Å². The largest absolute Gasteiger partial charge is 0.416 e. The number of hydrogen-bond donors (Lipinski definition) is 2. The number of hydrogen-bond acceptors (Lipinski definition) is 2. The molecule has 2 amide bonds. The number of nitrogens with zero attached hydrogens (tertiary/aromatic N) is 1. The van der Waals surface area contributed by atoms with Gasteiger partial charge < -0.3 is 15.3 Å². The Hall–Kier alpha value is -2.32. The summed E-state index contributed by atoms with van der Waals surface area (Å²) >= 11 is 5.85. The number of aliphatic hydroxyl groups is 1. The lowest BCUT2D eigenvalue weighted by atomic mass is 10.0. The van der Waals surface area contributed by atoms with Crippen molar-refractivity contribution in [3.8, 4) is 0 Å². The quantitative estimate of drug-likeness (QED) is 0.637. The van der Waals surface area contributed by atoms with Gasteiger partial charge >= 0.3 is 12.2 Å². The predicted molar refractivity (Wildman–Crippen MR) is 107 cm³/mol. The van der Waals surface area contributed by atoms with E-state index in [-0.39, 0.29) is 30.2 Å². The van der Waals surface area contributed by atoms with E-state index in [9.17, 15) is 27.5 Å². The highest BCUT2D eigenvalue weighted by molar-refractivity contribution is 6.30. The molecule has 0 aliphatic heterocycles. The summed E-state index contributed by atoms with van der Waals surface area (Å²) in [6.07, 6.45) is -6.52. The standard InChI is InChI=1S/C22H21ClF4N2O2/c23-14-3-1-12(2-4-14)7-8-29(11-18(30)22(25,26)27)21(31)28-20-17-10-13-9-15(24)5-6-16(13)19(17)20/h1-6,9,17-20,30H,7-8,10-11H2,(H,28,31). The molecule has 4 rings (SSSR count). The lowest BCUT2D eigenvalue weighted by molar-refractivity contribution is -0.206. The van der Waals surface area contributed by atoms with E-state index in [1.54, 1.807) is 30.3 Å². The second-order valence-electron chi connectivity index (χ2n) is 8.09. The monoisotopic (exact) mass is 456 g/mol. The molecular formula is C22H21ClF4N2O2. The highest BCUT2D eigenvalue weighted by Gasteiger charge is 2.56. The second-order valence-corrected chi connectivity index (χ2v) is 8.53. The fourth-order valence-corrected chi connectivity index (χ4v) is 4.44. The van der Waals surface area contributed by atoms with Crippen LogP contribution in [-0.2, 0) is 12.8 Å². The summed E-state index contributed by atoms with van der Waals surface area (Å²) in [4.78, 5) is 13.8. The summed E-state index contributed by atoms with van der Waals surface area (Å²) in [6, 6.07) is 10.5. The molecule has 31 heavy (non-hydrogen) atoms. The third-order valence-electron chi connectivity index (χ3n) is 6.02. The van der Waals surface area contributed by atoms with Crippen molar-refractivity contribution in [3.05, 3.63) is 70.0 Å². The number of alkyl halides is 3. The molecule has 2 aliphatic carbocycles. The van der Waals surface area contributed by atoms with Gasteiger partial charge in [-0.25, -0.2) is 9.18 Å². The Balaban J connectivity index is 1.41. The van der Waals surface area contributed by atoms with Crippen molar-refractivity contribution in [3.63, 3.8) is 0 Å². The number of carbonyl (C=O) groups excluding carboxylic acids is 1. The smallest absolute Gasteiger partial charge is 0.382 e. The molecule has 0 bridgehead atoms. The van der Waals surface area contributed by atoms with Crippen molar-refractivity contribution in [2.24, 2.45) is 5.92 Å². The number of carbonyl (C=O) groups is 1. The molecule has 2 aromatic rings. The molecule has 1 fully saturated rings. The van der Waals surface area contributed by atoms with Crippen molar-refractivity contribution < 1.29 is 27.5 Å². The Labute approximate surface area is 181 Å². The molecule has 166 valence electrons. The van der Waals surface area contributed by atoms with E-state index in [1.165, 1.54) is 12.1 Å². The van der Waals surface area contributed by atoms with Gasteiger partial charge in [0.2, 0.25) is 0 Å². The third kappa shape index (κ3) is 4.80. The molecule has 0 radical (unpaired) electrons. The van der Waals surface area contributed by atoms with Crippen molar-refractivity contribution >= 4 is 17.6 Å². The molecule has 2 aromatic carbocycles. The van der Waals surface area contributed by atoms with Crippen LogP contribution in [-0.4, -0.2) is 47.4 Å². The van der Waals surface area contributed by atoms with Gasteiger partial charge in [-0.1, -0.05) is 29.8 Å². The van der Waals surface area contributed by atoms with Crippen LogP contribution in [0.5, 0.6) is 0 Å². The van der Waals surface area contributed by atoms with Crippen LogP contribution in [0, 0.1) is 11.7 Å². The summed E-state index contributed by atoms with van der Waals surface area (Å²) in [5.74, 6) is -0.147. The van der Waals surface area contributed by atoms with Gasteiger partial charge in [0.25, 0.3) is 0 Å². The van der Waals surface area contributed by atoms with Gasteiger partial charge in [-0.2, -0.15) is 13.2 Å². The molecule has 1 saturated carbocycles. The van der Waals surface area contributed by atoms with E-state index >= 15 is 0 Å². The van der Waals surface area contributed by atoms with E-state index in [2.05, 4.69) is 5.32 Å². The number of halogens is 5. The van der Waals surface area contributed by atoms with Gasteiger partial charge in [0.1, 0.15) is 5.82 Å².